The molecule has 4 heteroatoms. The van der Waals surface area contributed by atoms with Gasteiger partial charge in [0.25, 0.3) is 0 Å². The van der Waals surface area contributed by atoms with Gasteiger partial charge in [0.2, 0.25) is 0 Å². The van der Waals surface area contributed by atoms with Crippen molar-refractivity contribution in [3.05, 3.63) is 23.8 Å². The van der Waals surface area contributed by atoms with E-state index < -0.39 is 0 Å². The number of nitrogens with one attached hydrogen (secondary N) is 1. The van der Waals surface area contributed by atoms with Crippen LogP contribution in [0.25, 0.3) is 0 Å². The van der Waals surface area contributed by atoms with E-state index >= 15 is 0 Å². The third-order valence-corrected chi connectivity index (χ3v) is 3.64. The van der Waals surface area contributed by atoms with E-state index in [1.165, 1.54) is 0 Å². The molecule has 0 aromatic heterocycles. The van der Waals surface area contributed by atoms with E-state index in [-0.39, 0.29) is 5.78 Å². The Morgan fingerprint density at radius 2 is 1.89 bits per heavy atom. The van der Waals surface area contributed by atoms with Crippen molar-refractivity contribution >= 4 is 5.78 Å². The van der Waals surface area contributed by atoms with Gasteiger partial charge < -0.3 is 14.8 Å². The highest BCUT2D eigenvalue weighted by Gasteiger charge is 2.18. The Kier molecular flexibility index (Phi) is 4.80. The van der Waals surface area contributed by atoms with Gasteiger partial charge in [-0.15, -0.1) is 0 Å². The van der Waals surface area contributed by atoms with Gasteiger partial charge in [-0.3, -0.25) is 4.79 Å². The molecule has 1 aliphatic heterocycles. The van der Waals surface area contributed by atoms with Gasteiger partial charge in [-0.25, -0.2) is 0 Å². The maximum Gasteiger partial charge on any atom is 0.163 e. The molecule has 104 valence electrons. The quantitative estimate of drug-likeness (QED) is 0.828. The van der Waals surface area contributed by atoms with Gasteiger partial charge in [0.05, 0.1) is 14.2 Å². The molecule has 0 bridgehead atoms. The molecule has 1 aromatic carbocycles. The minimum Gasteiger partial charge on any atom is -0.493 e. The SMILES string of the molecule is COc1ccc(C(=O)CC2CCNCC2)cc1OC. The molecule has 19 heavy (non-hydrogen) atoms. The summed E-state index contributed by atoms with van der Waals surface area (Å²) in [5.74, 6) is 1.95. The molecule has 0 amide bonds. The van der Waals surface area contributed by atoms with Crippen LogP contribution in [0.5, 0.6) is 11.5 Å². The fourth-order valence-electron chi connectivity index (χ4n) is 2.48. The lowest BCUT2D eigenvalue weighted by Crippen LogP contribution is -2.28. The van der Waals surface area contributed by atoms with Crippen molar-refractivity contribution in [2.45, 2.75) is 19.3 Å². The van der Waals surface area contributed by atoms with Gasteiger partial charge in [0.15, 0.2) is 17.3 Å². The zero-order valence-corrected chi connectivity index (χ0v) is 11.6. The average Bonchev–Trinajstić information content (AvgIpc) is 2.47. The Morgan fingerprint density at radius 1 is 1.21 bits per heavy atom. The van der Waals surface area contributed by atoms with Crippen LogP contribution in [0.2, 0.25) is 0 Å². The van der Waals surface area contributed by atoms with Crippen LogP contribution in [0.3, 0.4) is 0 Å². The second kappa shape index (κ2) is 6.57. The van der Waals surface area contributed by atoms with Gasteiger partial charge in [-0.05, 0) is 50.0 Å². The summed E-state index contributed by atoms with van der Waals surface area (Å²) in [5.41, 5.74) is 0.705. The van der Waals surface area contributed by atoms with Crippen LogP contribution in [-0.4, -0.2) is 33.1 Å². The lowest BCUT2D eigenvalue weighted by atomic mass is 9.90. The summed E-state index contributed by atoms with van der Waals surface area (Å²) in [6.07, 6.45) is 2.79. The van der Waals surface area contributed by atoms with Crippen molar-refractivity contribution in [1.29, 1.82) is 0 Å². The number of methoxy groups -OCH3 is 2. The maximum atomic E-state index is 12.3. The Bertz CT molecular complexity index is 439. The Labute approximate surface area is 114 Å². The molecule has 0 aliphatic carbocycles. The number of carbonyl (C=O) groups excluding carboxylic acids is 1. The van der Waals surface area contributed by atoms with Crippen molar-refractivity contribution in [2.24, 2.45) is 5.92 Å². The largest absolute Gasteiger partial charge is 0.493 e. The normalized spacial score (nSPS) is 16.1. The van der Waals surface area contributed by atoms with Crippen LogP contribution >= 0.6 is 0 Å². The fourth-order valence-corrected chi connectivity index (χ4v) is 2.48. The smallest absolute Gasteiger partial charge is 0.163 e. The molecule has 0 atom stereocenters. The van der Waals surface area contributed by atoms with Gasteiger partial charge in [0, 0.05) is 12.0 Å². The van der Waals surface area contributed by atoms with E-state index in [1.54, 1.807) is 26.4 Å². The molecule has 4 nitrogen and oxygen atoms in total. The molecule has 0 spiro atoms. The molecule has 1 heterocycles. The molecule has 0 radical (unpaired) electrons. The number of Topliss-reactive ketones (excluding diaryl/α,β-unsaturated/α-hetero) is 1. The fraction of sp³-hybridized carbons (Fsp3) is 0.533. The maximum absolute atomic E-state index is 12.3. The molecule has 2 rings (SSSR count). The Morgan fingerprint density at radius 3 is 2.53 bits per heavy atom. The number of ketones is 1. The molecule has 0 saturated carbocycles. The summed E-state index contributed by atoms with van der Waals surface area (Å²) in [5, 5.41) is 3.31. The van der Waals surface area contributed by atoms with E-state index in [4.69, 9.17) is 9.47 Å². The molecule has 1 fully saturated rings. The highest BCUT2D eigenvalue weighted by Crippen LogP contribution is 2.29. The number of carbonyl (C=O) groups is 1. The first-order valence-electron chi connectivity index (χ1n) is 6.70. The van der Waals surface area contributed by atoms with Crippen LogP contribution in [-0.2, 0) is 0 Å². The molecule has 0 unspecified atom stereocenters. The average molecular weight is 263 g/mol. The third kappa shape index (κ3) is 3.47. The molecule has 1 aliphatic rings. The number of hydrogen-bond acceptors (Lipinski definition) is 4. The number of rotatable bonds is 5. The van der Waals surface area contributed by atoms with Crippen molar-refractivity contribution < 1.29 is 14.3 Å². The van der Waals surface area contributed by atoms with Gasteiger partial charge >= 0.3 is 0 Å². The summed E-state index contributed by atoms with van der Waals surface area (Å²) in [4.78, 5) is 12.3. The van der Waals surface area contributed by atoms with E-state index in [0.717, 1.165) is 25.9 Å². The molecular formula is C15H21NO3. The molecule has 1 aromatic rings. The minimum atomic E-state index is 0.188. The first kappa shape index (κ1) is 13.9. The van der Waals surface area contributed by atoms with E-state index in [0.29, 0.717) is 29.4 Å². The van der Waals surface area contributed by atoms with Crippen molar-refractivity contribution in [3.8, 4) is 11.5 Å². The van der Waals surface area contributed by atoms with Gasteiger partial charge in [-0.1, -0.05) is 0 Å². The lowest BCUT2D eigenvalue weighted by molar-refractivity contribution is 0.0952. The highest BCUT2D eigenvalue weighted by atomic mass is 16.5. The minimum absolute atomic E-state index is 0.188. The van der Waals surface area contributed by atoms with Crippen LogP contribution in [0.1, 0.15) is 29.6 Å². The second-order valence-corrected chi connectivity index (χ2v) is 4.89. The number of hydrogen-bond donors (Lipinski definition) is 1. The first-order chi connectivity index (χ1) is 9.24. The topological polar surface area (TPSA) is 47.6 Å². The Balaban J connectivity index is 2.05. The number of piperidine rings is 1. The molecule has 1 N–H and O–H groups in total. The van der Waals surface area contributed by atoms with Crippen LogP contribution < -0.4 is 14.8 Å². The van der Waals surface area contributed by atoms with Crippen LogP contribution in [0.15, 0.2) is 18.2 Å². The van der Waals surface area contributed by atoms with Gasteiger partial charge in [-0.2, -0.15) is 0 Å². The summed E-state index contributed by atoms with van der Waals surface area (Å²) in [7, 11) is 3.17. The van der Waals surface area contributed by atoms with Crippen LogP contribution in [0.4, 0.5) is 0 Å². The standard InChI is InChI=1S/C15H21NO3/c1-18-14-4-3-12(10-15(14)19-2)13(17)9-11-5-7-16-8-6-11/h3-4,10-11,16H,5-9H2,1-2H3. The molecule has 1 saturated heterocycles. The summed E-state index contributed by atoms with van der Waals surface area (Å²) in [6.45, 7) is 2.04. The Hall–Kier alpha value is -1.55. The predicted octanol–water partition coefficient (Wildman–Crippen LogP) is 2.28. The van der Waals surface area contributed by atoms with Gasteiger partial charge in [0.1, 0.15) is 0 Å². The lowest BCUT2D eigenvalue weighted by Gasteiger charge is -2.21. The zero-order chi connectivity index (χ0) is 13.7. The van der Waals surface area contributed by atoms with Crippen molar-refractivity contribution in [2.75, 3.05) is 27.3 Å². The van der Waals surface area contributed by atoms with Crippen molar-refractivity contribution in [3.63, 3.8) is 0 Å². The number of benzene rings is 1. The monoisotopic (exact) mass is 263 g/mol. The third-order valence-electron chi connectivity index (χ3n) is 3.64. The summed E-state index contributed by atoms with van der Waals surface area (Å²) >= 11 is 0. The summed E-state index contributed by atoms with van der Waals surface area (Å²) in [6, 6.07) is 5.36. The van der Waals surface area contributed by atoms with Crippen LogP contribution in [0, 0.1) is 5.92 Å². The predicted molar refractivity (Wildman–Crippen MR) is 74.1 cm³/mol. The summed E-state index contributed by atoms with van der Waals surface area (Å²) < 4.78 is 10.4. The van der Waals surface area contributed by atoms with E-state index in [2.05, 4.69) is 5.32 Å². The zero-order valence-electron chi connectivity index (χ0n) is 11.6. The second-order valence-electron chi connectivity index (χ2n) is 4.89. The number of ether oxygens (including phenoxy) is 2. The van der Waals surface area contributed by atoms with Crippen molar-refractivity contribution in [1.82, 2.24) is 5.32 Å². The van der Waals surface area contributed by atoms with E-state index in [9.17, 15) is 4.79 Å². The first-order valence-corrected chi connectivity index (χ1v) is 6.70. The molecular weight excluding hydrogens is 242 g/mol. The highest BCUT2D eigenvalue weighted by molar-refractivity contribution is 5.96. The van der Waals surface area contributed by atoms with E-state index in [1.807, 2.05) is 6.07 Å².